The number of nitrogens with one attached hydrogen (secondary N) is 1. The Morgan fingerprint density at radius 3 is 2.38 bits per heavy atom. The summed E-state index contributed by atoms with van der Waals surface area (Å²) in [6.07, 6.45) is 1.56. The smallest absolute Gasteiger partial charge is 0.266 e. The molecule has 0 aliphatic heterocycles. The van der Waals surface area contributed by atoms with Crippen LogP contribution >= 0.6 is 34.8 Å². The van der Waals surface area contributed by atoms with Gasteiger partial charge >= 0.3 is 0 Å². The lowest BCUT2D eigenvalue weighted by Crippen LogP contribution is -2.04. The Hall–Kier alpha value is -0.960. The van der Waals surface area contributed by atoms with Gasteiger partial charge in [-0.2, -0.15) is 0 Å². The van der Waals surface area contributed by atoms with E-state index in [4.69, 9.17) is 34.8 Å². The molecule has 1 aromatic heterocycles. The van der Waals surface area contributed by atoms with Crippen LogP contribution in [0.15, 0.2) is 35.3 Å². The Balaban J connectivity index is 2.59. The van der Waals surface area contributed by atoms with Crippen LogP contribution in [0.1, 0.15) is 0 Å². The third-order valence-electron chi connectivity index (χ3n) is 2.10. The number of pyridine rings is 1. The average Bonchev–Trinajstić information content (AvgIpc) is 2.22. The minimum atomic E-state index is -0.324. The van der Waals surface area contributed by atoms with Crippen LogP contribution in [0, 0.1) is 0 Å². The Kier molecular flexibility index (Phi) is 3.24. The van der Waals surface area contributed by atoms with Gasteiger partial charge in [0.05, 0.1) is 0 Å². The summed E-state index contributed by atoms with van der Waals surface area (Å²) in [5.41, 5.74) is 1.19. The van der Waals surface area contributed by atoms with E-state index in [1.165, 1.54) is 0 Å². The average molecular weight is 275 g/mol. The van der Waals surface area contributed by atoms with Crippen molar-refractivity contribution in [3.05, 3.63) is 55.9 Å². The predicted molar refractivity (Wildman–Crippen MR) is 67.5 cm³/mol. The molecule has 0 unspecified atom stereocenters. The maximum absolute atomic E-state index is 11.1. The van der Waals surface area contributed by atoms with Crippen molar-refractivity contribution in [3.8, 4) is 11.1 Å². The molecule has 2 rings (SSSR count). The number of hydrogen-bond donors (Lipinski definition) is 1. The molecule has 0 radical (unpaired) electrons. The summed E-state index contributed by atoms with van der Waals surface area (Å²) >= 11 is 17.6. The minimum Gasteiger partial charge on any atom is -0.327 e. The van der Waals surface area contributed by atoms with E-state index in [0.717, 1.165) is 11.1 Å². The zero-order valence-electron chi connectivity index (χ0n) is 7.93. The molecular weight excluding hydrogens is 268 g/mol. The van der Waals surface area contributed by atoms with E-state index in [9.17, 15) is 4.79 Å². The van der Waals surface area contributed by atoms with E-state index < -0.39 is 0 Å². The topological polar surface area (TPSA) is 32.9 Å². The zero-order chi connectivity index (χ0) is 11.7. The van der Waals surface area contributed by atoms with Gasteiger partial charge in [0.15, 0.2) is 0 Å². The van der Waals surface area contributed by atoms with Crippen molar-refractivity contribution < 1.29 is 0 Å². The predicted octanol–water partition coefficient (Wildman–Crippen LogP) is 4.00. The van der Waals surface area contributed by atoms with Crippen molar-refractivity contribution in [1.29, 1.82) is 0 Å². The monoisotopic (exact) mass is 273 g/mol. The highest BCUT2D eigenvalue weighted by molar-refractivity contribution is 6.36. The van der Waals surface area contributed by atoms with Gasteiger partial charge in [-0.25, -0.2) is 0 Å². The highest BCUT2D eigenvalue weighted by atomic mass is 35.5. The maximum atomic E-state index is 11.1. The fourth-order valence-corrected chi connectivity index (χ4v) is 2.02. The molecule has 0 bridgehead atoms. The van der Waals surface area contributed by atoms with Crippen molar-refractivity contribution in [2.75, 3.05) is 0 Å². The van der Waals surface area contributed by atoms with Crippen LogP contribution in [-0.4, -0.2) is 4.98 Å². The first-order chi connectivity index (χ1) is 7.58. The van der Waals surface area contributed by atoms with Crippen LogP contribution in [0.2, 0.25) is 15.1 Å². The molecule has 0 atom stereocenters. The van der Waals surface area contributed by atoms with Crippen LogP contribution in [0.3, 0.4) is 0 Å². The van der Waals surface area contributed by atoms with E-state index in [2.05, 4.69) is 4.98 Å². The van der Waals surface area contributed by atoms with Crippen LogP contribution in [-0.2, 0) is 0 Å². The molecule has 0 aliphatic carbocycles. The largest absolute Gasteiger partial charge is 0.327 e. The van der Waals surface area contributed by atoms with Gasteiger partial charge in [-0.05, 0) is 18.2 Å². The van der Waals surface area contributed by atoms with Gasteiger partial charge in [0, 0.05) is 27.4 Å². The van der Waals surface area contributed by atoms with Crippen LogP contribution in [0.5, 0.6) is 0 Å². The second kappa shape index (κ2) is 4.50. The number of rotatable bonds is 1. The number of halogens is 3. The number of H-pyrrole nitrogens is 1. The Labute approximate surface area is 107 Å². The van der Waals surface area contributed by atoms with Crippen LogP contribution < -0.4 is 5.56 Å². The first-order valence-electron chi connectivity index (χ1n) is 4.41. The molecule has 16 heavy (non-hydrogen) atoms. The van der Waals surface area contributed by atoms with Gasteiger partial charge in [0.1, 0.15) is 5.02 Å². The van der Waals surface area contributed by atoms with Gasteiger partial charge < -0.3 is 4.98 Å². The summed E-state index contributed by atoms with van der Waals surface area (Å²) in [6, 6.07) is 6.70. The molecule has 0 spiro atoms. The standard InChI is InChI=1S/C11H6Cl3NO/c12-7-1-2-8(9(13)4-7)6-3-10(14)11(16)15-5-6/h1-5H,(H,15,16). The van der Waals surface area contributed by atoms with Gasteiger partial charge in [-0.3, -0.25) is 4.79 Å². The second-order valence-electron chi connectivity index (χ2n) is 3.19. The first-order valence-corrected chi connectivity index (χ1v) is 5.55. The SMILES string of the molecule is O=c1[nH]cc(-c2ccc(Cl)cc2Cl)cc1Cl. The Morgan fingerprint density at radius 1 is 1.00 bits per heavy atom. The summed E-state index contributed by atoms with van der Waals surface area (Å²) in [5.74, 6) is 0. The van der Waals surface area contributed by atoms with Crippen molar-refractivity contribution >= 4 is 34.8 Å². The van der Waals surface area contributed by atoms with Gasteiger partial charge in [-0.15, -0.1) is 0 Å². The molecule has 1 heterocycles. The normalized spacial score (nSPS) is 10.4. The number of aromatic amines is 1. The molecule has 2 aromatic rings. The van der Waals surface area contributed by atoms with Crippen LogP contribution in [0.4, 0.5) is 0 Å². The summed E-state index contributed by atoms with van der Waals surface area (Å²) in [6.45, 7) is 0. The molecule has 1 N–H and O–H groups in total. The number of aromatic nitrogens is 1. The quantitative estimate of drug-likeness (QED) is 0.837. The number of hydrogen-bond acceptors (Lipinski definition) is 1. The fourth-order valence-electron chi connectivity index (χ4n) is 1.34. The second-order valence-corrected chi connectivity index (χ2v) is 4.44. The molecule has 5 heteroatoms. The van der Waals surface area contributed by atoms with Crippen molar-refractivity contribution in [1.82, 2.24) is 4.98 Å². The van der Waals surface area contributed by atoms with E-state index in [-0.39, 0.29) is 10.6 Å². The summed E-state index contributed by atoms with van der Waals surface area (Å²) in [5, 5.41) is 1.20. The Bertz CT molecular complexity index is 592. The van der Waals surface area contributed by atoms with Crippen LogP contribution in [0.25, 0.3) is 11.1 Å². The number of benzene rings is 1. The summed E-state index contributed by atoms with van der Waals surface area (Å²) in [7, 11) is 0. The van der Waals surface area contributed by atoms with Crippen molar-refractivity contribution in [2.24, 2.45) is 0 Å². The first kappa shape index (κ1) is 11.5. The van der Waals surface area contributed by atoms with E-state index in [0.29, 0.717) is 10.0 Å². The van der Waals surface area contributed by atoms with Crippen molar-refractivity contribution in [2.45, 2.75) is 0 Å². The Morgan fingerprint density at radius 2 is 1.75 bits per heavy atom. The third kappa shape index (κ3) is 2.24. The molecular formula is C11H6Cl3NO. The van der Waals surface area contributed by atoms with Crippen molar-refractivity contribution in [3.63, 3.8) is 0 Å². The van der Waals surface area contributed by atoms with E-state index in [1.807, 2.05) is 0 Å². The summed E-state index contributed by atoms with van der Waals surface area (Å²) < 4.78 is 0. The van der Waals surface area contributed by atoms with E-state index in [1.54, 1.807) is 30.5 Å². The summed E-state index contributed by atoms with van der Waals surface area (Å²) in [4.78, 5) is 13.6. The molecule has 1 aromatic carbocycles. The van der Waals surface area contributed by atoms with Gasteiger partial charge in [-0.1, -0.05) is 40.9 Å². The third-order valence-corrected chi connectivity index (χ3v) is 2.93. The lowest BCUT2D eigenvalue weighted by atomic mass is 10.1. The van der Waals surface area contributed by atoms with E-state index >= 15 is 0 Å². The lowest BCUT2D eigenvalue weighted by molar-refractivity contribution is 1.24. The molecule has 0 saturated heterocycles. The fraction of sp³-hybridized carbons (Fsp3) is 0. The zero-order valence-corrected chi connectivity index (χ0v) is 10.2. The van der Waals surface area contributed by atoms with Gasteiger partial charge in [0.2, 0.25) is 0 Å². The molecule has 82 valence electrons. The lowest BCUT2D eigenvalue weighted by Gasteiger charge is -2.04. The molecule has 0 fully saturated rings. The maximum Gasteiger partial charge on any atom is 0.266 e. The molecule has 2 nitrogen and oxygen atoms in total. The molecule has 0 amide bonds. The van der Waals surface area contributed by atoms with Gasteiger partial charge in [0.25, 0.3) is 5.56 Å². The highest BCUT2D eigenvalue weighted by Gasteiger charge is 2.06. The highest BCUT2D eigenvalue weighted by Crippen LogP contribution is 2.30. The minimum absolute atomic E-state index is 0.128. The molecule has 0 aliphatic rings. The molecule has 0 saturated carbocycles.